The summed E-state index contributed by atoms with van der Waals surface area (Å²) in [5.41, 5.74) is 2.77. The SMILES string of the molecule is CCNC(Cc1cncs1)c1cc(F)ccc1Br. The molecule has 1 heterocycles. The fourth-order valence-corrected chi connectivity index (χ4v) is 3.03. The van der Waals surface area contributed by atoms with Crippen LogP contribution in [0.4, 0.5) is 4.39 Å². The lowest BCUT2D eigenvalue weighted by Gasteiger charge is -2.19. The molecule has 0 aliphatic rings. The molecule has 96 valence electrons. The van der Waals surface area contributed by atoms with Crippen LogP contribution in [0.2, 0.25) is 0 Å². The lowest BCUT2D eigenvalue weighted by Crippen LogP contribution is -2.23. The van der Waals surface area contributed by atoms with Gasteiger partial charge in [0, 0.05) is 28.0 Å². The van der Waals surface area contributed by atoms with Crippen LogP contribution in [0.25, 0.3) is 0 Å². The molecule has 1 atom stereocenters. The van der Waals surface area contributed by atoms with E-state index in [-0.39, 0.29) is 11.9 Å². The minimum atomic E-state index is -0.208. The summed E-state index contributed by atoms with van der Waals surface area (Å²) >= 11 is 5.11. The number of benzene rings is 1. The highest BCUT2D eigenvalue weighted by molar-refractivity contribution is 9.10. The second-order valence-corrected chi connectivity index (χ2v) is 5.77. The summed E-state index contributed by atoms with van der Waals surface area (Å²) in [5.74, 6) is -0.208. The maximum atomic E-state index is 13.4. The molecule has 0 bridgehead atoms. The van der Waals surface area contributed by atoms with Crippen LogP contribution in [-0.2, 0) is 6.42 Å². The molecule has 2 aromatic rings. The number of rotatable bonds is 5. The Morgan fingerprint density at radius 1 is 1.50 bits per heavy atom. The van der Waals surface area contributed by atoms with Crippen LogP contribution in [-0.4, -0.2) is 11.5 Å². The number of hydrogen-bond donors (Lipinski definition) is 1. The van der Waals surface area contributed by atoms with Crippen molar-refractivity contribution in [1.82, 2.24) is 10.3 Å². The van der Waals surface area contributed by atoms with Crippen LogP contribution >= 0.6 is 27.3 Å². The average Bonchev–Trinajstić information content (AvgIpc) is 2.85. The van der Waals surface area contributed by atoms with E-state index in [4.69, 9.17) is 0 Å². The van der Waals surface area contributed by atoms with Crippen LogP contribution in [0, 0.1) is 5.82 Å². The van der Waals surface area contributed by atoms with Gasteiger partial charge < -0.3 is 5.32 Å². The van der Waals surface area contributed by atoms with Crippen LogP contribution in [0.1, 0.15) is 23.4 Å². The van der Waals surface area contributed by atoms with Crippen LogP contribution < -0.4 is 5.32 Å². The van der Waals surface area contributed by atoms with Gasteiger partial charge in [0.2, 0.25) is 0 Å². The van der Waals surface area contributed by atoms with E-state index in [1.54, 1.807) is 23.5 Å². The van der Waals surface area contributed by atoms with Crippen molar-refractivity contribution < 1.29 is 4.39 Å². The quantitative estimate of drug-likeness (QED) is 0.899. The summed E-state index contributed by atoms with van der Waals surface area (Å²) in [4.78, 5) is 5.27. The van der Waals surface area contributed by atoms with Gasteiger partial charge in [-0.15, -0.1) is 11.3 Å². The molecule has 0 radical (unpaired) electrons. The smallest absolute Gasteiger partial charge is 0.123 e. The fourth-order valence-electron chi connectivity index (χ4n) is 1.86. The molecule has 0 aliphatic carbocycles. The fraction of sp³-hybridized carbons (Fsp3) is 0.308. The van der Waals surface area contributed by atoms with E-state index in [2.05, 4.69) is 26.2 Å². The van der Waals surface area contributed by atoms with E-state index in [1.807, 2.05) is 18.6 Å². The van der Waals surface area contributed by atoms with E-state index < -0.39 is 0 Å². The van der Waals surface area contributed by atoms with E-state index in [0.717, 1.165) is 23.0 Å². The first kappa shape index (κ1) is 13.6. The third-order valence-electron chi connectivity index (χ3n) is 2.67. The average molecular weight is 329 g/mol. The summed E-state index contributed by atoms with van der Waals surface area (Å²) in [5, 5.41) is 3.39. The number of halogens is 2. The second kappa shape index (κ2) is 6.41. The molecule has 2 rings (SSSR count). The molecule has 0 fully saturated rings. The largest absolute Gasteiger partial charge is 0.310 e. The monoisotopic (exact) mass is 328 g/mol. The van der Waals surface area contributed by atoms with Crippen molar-refractivity contribution in [1.29, 1.82) is 0 Å². The zero-order chi connectivity index (χ0) is 13.0. The molecule has 0 saturated heterocycles. The van der Waals surface area contributed by atoms with E-state index in [1.165, 1.54) is 10.9 Å². The van der Waals surface area contributed by atoms with Crippen LogP contribution in [0.5, 0.6) is 0 Å². The summed E-state index contributed by atoms with van der Waals surface area (Å²) in [6, 6.07) is 4.89. The maximum Gasteiger partial charge on any atom is 0.123 e. The maximum absolute atomic E-state index is 13.4. The van der Waals surface area contributed by atoms with Gasteiger partial charge in [-0.25, -0.2) is 4.39 Å². The van der Waals surface area contributed by atoms with E-state index >= 15 is 0 Å². The number of hydrogen-bond acceptors (Lipinski definition) is 3. The summed E-state index contributed by atoms with van der Waals surface area (Å²) < 4.78 is 14.3. The van der Waals surface area contributed by atoms with Gasteiger partial charge in [0.05, 0.1) is 5.51 Å². The predicted molar refractivity (Wildman–Crippen MR) is 76.3 cm³/mol. The normalized spacial score (nSPS) is 12.6. The highest BCUT2D eigenvalue weighted by Gasteiger charge is 2.15. The molecule has 1 N–H and O–H groups in total. The van der Waals surface area contributed by atoms with Crippen molar-refractivity contribution in [2.75, 3.05) is 6.54 Å². The van der Waals surface area contributed by atoms with Gasteiger partial charge >= 0.3 is 0 Å². The molecule has 0 aliphatic heterocycles. The lowest BCUT2D eigenvalue weighted by atomic mass is 10.0. The van der Waals surface area contributed by atoms with Gasteiger partial charge in [0.15, 0.2) is 0 Å². The van der Waals surface area contributed by atoms with Crippen LogP contribution in [0.15, 0.2) is 34.4 Å². The Morgan fingerprint density at radius 3 is 3.00 bits per heavy atom. The minimum absolute atomic E-state index is 0.0977. The summed E-state index contributed by atoms with van der Waals surface area (Å²) in [6.07, 6.45) is 2.68. The van der Waals surface area contributed by atoms with E-state index in [9.17, 15) is 4.39 Å². The van der Waals surface area contributed by atoms with Gasteiger partial charge in [-0.05, 0) is 30.3 Å². The van der Waals surface area contributed by atoms with Gasteiger partial charge in [-0.1, -0.05) is 22.9 Å². The Kier molecular flexibility index (Phi) is 4.86. The van der Waals surface area contributed by atoms with Crippen LogP contribution in [0.3, 0.4) is 0 Å². The number of aromatic nitrogens is 1. The Bertz CT molecular complexity index is 502. The third kappa shape index (κ3) is 3.37. The molecule has 0 saturated carbocycles. The van der Waals surface area contributed by atoms with Crippen molar-refractivity contribution in [2.45, 2.75) is 19.4 Å². The van der Waals surface area contributed by atoms with Crippen molar-refractivity contribution in [2.24, 2.45) is 0 Å². The highest BCUT2D eigenvalue weighted by atomic mass is 79.9. The predicted octanol–water partition coefficient (Wildman–Crippen LogP) is 3.94. The Labute approximate surface area is 118 Å². The summed E-state index contributed by atoms with van der Waals surface area (Å²) in [6.45, 7) is 2.89. The number of nitrogens with one attached hydrogen (secondary N) is 1. The Balaban J connectivity index is 2.26. The molecule has 1 aromatic carbocycles. The Morgan fingerprint density at radius 2 is 2.33 bits per heavy atom. The number of thiazole rings is 1. The number of nitrogens with zero attached hydrogens (tertiary/aromatic N) is 1. The van der Waals surface area contributed by atoms with Crippen molar-refractivity contribution in [3.8, 4) is 0 Å². The highest BCUT2D eigenvalue weighted by Crippen LogP contribution is 2.27. The first-order valence-electron chi connectivity index (χ1n) is 5.76. The molecule has 2 nitrogen and oxygen atoms in total. The Hall–Kier alpha value is -0.780. The van der Waals surface area contributed by atoms with E-state index in [0.29, 0.717) is 0 Å². The zero-order valence-corrected chi connectivity index (χ0v) is 12.4. The molecule has 5 heteroatoms. The summed E-state index contributed by atoms with van der Waals surface area (Å²) in [7, 11) is 0. The molecule has 1 unspecified atom stereocenters. The first-order valence-corrected chi connectivity index (χ1v) is 7.43. The standard InChI is InChI=1S/C13H14BrFN2S/c1-2-17-13(6-10-7-16-8-18-10)11-5-9(15)3-4-12(11)14/h3-5,7-8,13,17H,2,6H2,1H3. The lowest BCUT2D eigenvalue weighted by molar-refractivity contribution is 0.543. The topological polar surface area (TPSA) is 24.9 Å². The van der Waals surface area contributed by atoms with Gasteiger partial charge in [0.25, 0.3) is 0 Å². The zero-order valence-electron chi connectivity index (χ0n) is 9.99. The molecule has 0 amide bonds. The first-order chi connectivity index (χ1) is 8.70. The van der Waals surface area contributed by atoms with Crippen molar-refractivity contribution >= 4 is 27.3 Å². The molecule has 0 spiro atoms. The van der Waals surface area contributed by atoms with Crippen molar-refractivity contribution in [3.05, 3.63) is 50.6 Å². The van der Waals surface area contributed by atoms with Gasteiger partial charge in [0.1, 0.15) is 5.82 Å². The molecular weight excluding hydrogens is 315 g/mol. The third-order valence-corrected chi connectivity index (χ3v) is 4.20. The van der Waals surface area contributed by atoms with Gasteiger partial charge in [-0.2, -0.15) is 0 Å². The van der Waals surface area contributed by atoms with Gasteiger partial charge in [-0.3, -0.25) is 4.98 Å². The molecule has 18 heavy (non-hydrogen) atoms. The number of likely N-dealkylation sites (N-methyl/N-ethyl adjacent to an activating group) is 1. The second-order valence-electron chi connectivity index (χ2n) is 3.95. The molecular formula is C13H14BrFN2S. The minimum Gasteiger partial charge on any atom is -0.310 e. The van der Waals surface area contributed by atoms with Crippen molar-refractivity contribution in [3.63, 3.8) is 0 Å². The molecule has 1 aromatic heterocycles.